The molecule has 0 aromatic heterocycles. The van der Waals surface area contributed by atoms with E-state index in [4.69, 9.17) is 19.8 Å². The maximum absolute atomic E-state index is 11.0. The molecule has 1 aromatic rings. The molecule has 22 heavy (non-hydrogen) atoms. The first-order valence-electron chi connectivity index (χ1n) is 6.48. The van der Waals surface area contributed by atoms with Gasteiger partial charge in [-0.1, -0.05) is 30.3 Å². The van der Waals surface area contributed by atoms with Crippen LogP contribution in [0.4, 0.5) is 0 Å². The van der Waals surface area contributed by atoms with Crippen LogP contribution in [0.25, 0.3) is 0 Å². The highest BCUT2D eigenvalue weighted by molar-refractivity contribution is 5.73. The molecule has 1 heterocycles. The Morgan fingerprint density at radius 3 is 2.36 bits per heavy atom. The summed E-state index contributed by atoms with van der Waals surface area (Å²) in [6.07, 6.45) is -9.72. The Morgan fingerprint density at radius 1 is 1.18 bits per heavy atom. The molecule has 0 spiro atoms. The van der Waals surface area contributed by atoms with E-state index in [-0.39, 0.29) is 0 Å². The summed E-state index contributed by atoms with van der Waals surface area (Å²) in [5, 5.41) is 47.2. The Bertz CT molecular complexity index is 558. The summed E-state index contributed by atoms with van der Waals surface area (Å²) in [6, 6.07) is 10.2. The van der Waals surface area contributed by atoms with Gasteiger partial charge < -0.3 is 29.9 Å². The SMILES string of the molecule is N#C[C@H](O[C@@H]1O[C@@H](C(=O)O)[C@@H](O)[C@@H](O)[C@H]1O)c1ccccc1. The Labute approximate surface area is 125 Å². The third kappa shape index (κ3) is 3.24. The number of carboxylic acids is 1. The zero-order valence-corrected chi connectivity index (χ0v) is 11.3. The highest BCUT2D eigenvalue weighted by atomic mass is 16.7. The van der Waals surface area contributed by atoms with Gasteiger partial charge in [-0.2, -0.15) is 5.26 Å². The number of rotatable bonds is 4. The minimum atomic E-state index is -1.80. The fourth-order valence-electron chi connectivity index (χ4n) is 2.11. The number of aliphatic hydroxyl groups is 3. The number of nitrogens with zero attached hydrogens (tertiary/aromatic N) is 1. The molecule has 1 aliphatic heterocycles. The van der Waals surface area contributed by atoms with Crippen molar-refractivity contribution in [2.75, 3.05) is 0 Å². The molecule has 0 amide bonds. The number of hydrogen-bond acceptors (Lipinski definition) is 7. The van der Waals surface area contributed by atoms with Gasteiger partial charge in [0, 0.05) is 0 Å². The van der Waals surface area contributed by atoms with E-state index < -0.39 is 42.8 Å². The molecule has 8 nitrogen and oxygen atoms in total. The van der Waals surface area contributed by atoms with Crippen molar-refractivity contribution in [3.63, 3.8) is 0 Å². The van der Waals surface area contributed by atoms with E-state index in [9.17, 15) is 20.1 Å². The van der Waals surface area contributed by atoms with Gasteiger partial charge in [0.25, 0.3) is 0 Å². The Morgan fingerprint density at radius 2 is 1.82 bits per heavy atom. The van der Waals surface area contributed by atoms with Gasteiger partial charge in [0.1, 0.15) is 18.3 Å². The number of aliphatic hydroxyl groups excluding tert-OH is 3. The van der Waals surface area contributed by atoms with Gasteiger partial charge in [-0.25, -0.2) is 4.79 Å². The van der Waals surface area contributed by atoms with Crippen LogP contribution < -0.4 is 0 Å². The predicted molar refractivity (Wildman–Crippen MR) is 70.2 cm³/mol. The van der Waals surface area contributed by atoms with E-state index in [1.54, 1.807) is 30.3 Å². The Balaban J connectivity index is 2.16. The van der Waals surface area contributed by atoms with Gasteiger partial charge in [0.05, 0.1) is 6.07 Å². The first-order chi connectivity index (χ1) is 10.5. The van der Waals surface area contributed by atoms with Crippen molar-refractivity contribution in [2.24, 2.45) is 0 Å². The van der Waals surface area contributed by atoms with E-state index in [2.05, 4.69) is 0 Å². The molecule has 1 aromatic carbocycles. The van der Waals surface area contributed by atoms with Crippen LogP contribution in [0.5, 0.6) is 0 Å². The number of carboxylic acid groups (broad SMARTS) is 1. The molecular weight excluding hydrogens is 294 g/mol. The number of benzene rings is 1. The van der Waals surface area contributed by atoms with Gasteiger partial charge in [0.15, 0.2) is 18.5 Å². The largest absolute Gasteiger partial charge is 0.479 e. The standard InChI is InChI=1S/C14H15NO7/c15-6-8(7-4-2-1-3-5-7)21-14-11(18)9(16)10(17)12(22-14)13(19)20/h1-5,8-12,14,16-18H,(H,19,20)/t8-,9+,10-,11+,12+,14+/m0/s1. The lowest BCUT2D eigenvalue weighted by Crippen LogP contribution is -2.60. The van der Waals surface area contributed by atoms with Crippen LogP contribution >= 0.6 is 0 Å². The van der Waals surface area contributed by atoms with E-state index in [1.807, 2.05) is 6.07 Å². The van der Waals surface area contributed by atoms with Crippen LogP contribution in [0.2, 0.25) is 0 Å². The topological polar surface area (TPSA) is 140 Å². The molecule has 6 atom stereocenters. The minimum absolute atomic E-state index is 0.480. The highest BCUT2D eigenvalue weighted by Crippen LogP contribution is 2.27. The van der Waals surface area contributed by atoms with E-state index in [1.165, 1.54) is 0 Å². The second kappa shape index (κ2) is 6.83. The van der Waals surface area contributed by atoms with Crippen LogP contribution in [-0.4, -0.2) is 57.1 Å². The minimum Gasteiger partial charge on any atom is -0.479 e. The van der Waals surface area contributed by atoms with Crippen LogP contribution in [0.1, 0.15) is 11.7 Å². The molecule has 0 saturated carbocycles. The average Bonchev–Trinajstić information content (AvgIpc) is 2.52. The number of carbonyl (C=O) groups is 1. The monoisotopic (exact) mass is 309 g/mol. The quantitative estimate of drug-likeness (QED) is 0.564. The van der Waals surface area contributed by atoms with Crippen molar-refractivity contribution in [1.29, 1.82) is 5.26 Å². The van der Waals surface area contributed by atoms with Crippen molar-refractivity contribution in [2.45, 2.75) is 36.8 Å². The highest BCUT2D eigenvalue weighted by Gasteiger charge is 2.48. The van der Waals surface area contributed by atoms with E-state index >= 15 is 0 Å². The second-order valence-corrected chi connectivity index (χ2v) is 4.79. The number of nitriles is 1. The number of hydrogen-bond donors (Lipinski definition) is 4. The van der Waals surface area contributed by atoms with E-state index in [0.29, 0.717) is 5.56 Å². The smallest absolute Gasteiger partial charge is 0.335 e. The van der Waals surface area contributed by atoms with Crippen LogP contribution in [0.15, 0.2) is 30.3 Å². The van der Waals surface area contributed by atoms with E-state index in [0.717, 1.165) is 0 Å². The molecule has 0 radical (unpaired) electrons. The first-order valence-corrected chi connectivity index (χ1v) is 6.48. The van der Waals surface area contributed by atoms with Gasteiger partial charge in [-0.05, 0) is 5.56 Å². The predicted octanol–water partition coefficient (Wildman–Crippen LogP) is -0.840. The summed E-state index contributed by atoms with van der Waals surface area (Å²) in [5.74, 6) is -1.51. The molecule has 1 fully saturated rings. The van der Waals surface area contributed by atoms with Gasteiger partial charge >= 0.3 is 5.97 Å². The van der Waals surface area contributed by atoms with Crippen molar-refractivity contribution < 1.29 is 34.7 Å². The third-order valence-corrected chi connectivity index (χ3v) is 3.30. The molecule has 0 aliphatic carbocycles. The van der Waals surface area contributed by atoms with Gasteiger partial charge in [0.2, 0.25) is 0 Å². The maximum atomic E-state index is 11.0. The third-order valence-electron chi connectivity index (χ3n) is 3.30. The lowest BCUT2D eigenvalue weighted by molar-refractivity contribution is -0.300. The fraction of sp³-hybridized carbons (Fsp3) is 0.429. The summed E-state index contributed by atoms with van der Waals surface area (Å²) < 4.78 is 10.2. The molecule has 118 valence electrons. The number of aliphatic carboxylic acids is 1. The normalized spacial score (nSPS) is 32.9. The molecule has 1 saturated heterocycles. The van der Waals surface area contributed by atoms with Gasteiger partial charge in [-0.15, -0.1) is 0 Å². The summed E-state index contributed by atoms with van der Waals surface area (Å²) >= 11 is 0. The van der Waals surface area contributed by atoms with Crippen molar-refractivity contribution in [1.82, 2.24) is 0 Å². The van der Waals surface area contributed by atoms with Crippen molar-refractivity contribution in [3.05, 3.63) is 35.9 Å². The summed E-state index contributed by atoms with van der Waals surface area (Å²) in [6.45, 7) is 0. The molecule has 2 rings (SSSR count). The fourth-order valence-corrected chi connectivity index (χ4v) is 2.11. The summed E-state index contributed by atoms with van der Waals surface area (Å²) in [4.78, 5) is 11.0. The molecule has 0 bridgehead atoms. The molecule has 4 N–H and O–H groups in total. The maximum Gasteiger partial charge on any atom is 0.335 e. The zero-order valence-electron chi connectivity index (χ0n) is 11.3. The molecule has 1 aliphatic rings. The Hall–Kier alpha value is -2.02. The van der Waals surface area contributed by atoms with Crippen molar-refractivity contribution >= 4 is 5.97 Å². The Kier molecular flexibility index (Phi) is 5.07. The second-order valence-electron chi connectivity index (χ2n) is 4.79. The lowest BCUT2D eigenvalue weighted by Gasteiger charge is -2.39. The van der Waals surface area contributed by atoms with Crippen molar-refractivity contribution in [3.8, 4) is 6.07 Å². The summed E-state index contributed by atoms with van der Waals surface area (Å²) in [7, 11) is 0. The first kappa shape index (κ1) is 16.4. The summed E-state index contributed by atoms with van der Waals surface area (Å²) in [5.41, 5.74) is 0.480. The molecule has 0 unspecified atom stereocenters. The molecular formula is C14H15NO7. The van der Waals surface area contributed by atoms with Gasteiger partial charge in [-0.3, -0.25) is 0 Å². The van der Waals surface area contributed by atoms with Crippen LogP contribution in [0, 0.1) is 11.3 Å². The number of ether oxygens (including phenoxy) is 2. The van der Waals surface area contributed by atoms with Crippen LogP contribution in [-0.2, 0) is 14.3 Å². The van der Waals surface area contributed by atoms with Crippen LogP contribution in [0.3, 0.4) is 0 Å². The lowest BCUT2D eigenvalue weighted by atomic mass is 9.99. The zero-order chi connectivity index (χ0) is 16.3. The molecule has 8 heteroatoms. The average molecular weight is 309 g/mol.